The summed E-state index contributed by atoms with van der Waals surface area (Å²) in [5.41, 5.74) is 2.34. The van der Waals surface area contributed by atoms with Gasteiger partial charge >= 0.3 is 0 Å². The number of fused-ring (bicyclic) bond motifs is 1. The molecule has 1 heterocycles. The van der Waals surface area contributed by atoms with Gasteiger partial charge in [-0.2, -0.15) is 0 Å². The molecule has 4 nitrogen and oxygen atoms in total. The minimum absolute atomic E-state index is 0.229. The fourth-order valence-electron chi connectivity index (χ4n) is 3.66. The van der Waals surface area contributed by atoms with Crippen LogP contribution in [0.4, 0.5) is 5.82 Å². The van der Waals surface area contributed by atoms with Gasteiger partial charge in [0.05, 0.1) is 0 Å². The highest BCUT2D eigenvalue weighted by molar-refractivity contribution is 5.47. The lowest BCUT2D eigenvalue weighted by atomic mass is 9.94. The molecule has 1 aromatic rings. The Morgan fingerprint density at radius 3 is 2.55 bits per heavy atom. The topological polar surface area (TPSA) is 47.0 Å². The van der Waals surface area contributed by atoms with Crippen LogP contribution in [0.25, 0.3) is 0 Å². The summed E-state index contributed by atoms with van der Waals surface area (Å²) in [5.74, 6) is 1.94. The van der Waals surface area contributed by atoms with Crippen molar-refractivity contribution >= 4 is 5.82 Å². The van der Waals surface area contributed by atoms with E-state index >= 15 is 0 Å². The Balaban J connectivity index is 2.04. The SMILES string of the molecule is CCOC1(c2nc3c(c(NC)n2)CCCC3)CCCC1. The zero-order valence-corrected chi connectivity index (χ0v) is 12.7. The Hall–Kier alpha value is -1.16. The molecule has 0 radical (unpaired) electrons. The first kappa shape index (κ1) is 13.8. The maximum absolute atomic E-state index is 6.11. The predicted octanol–water partition coefficient (Wildman–Crippen LogP) is 3.20. The lowest BCUT2D eigenvalue weighted by Crippen LogP contribution is -2.30. The summed E-state index contributed by atoms with van der Waals surface area (Å²) in [6.45, 7) is 2.80. The van der Waals surface area contributed by atoms with Crippen LogP contribution in [0.5, 0.6) is 0 Å². The molecule has 2 aliphatic carbocycles. The van der Waals surface area contributed by atoms with E-state index in [4.69, 9.17) is 14.7 Å². The summed E-state index contributed by atoms with van der Waals surface area (Å²) in [5, 5.41) is 3.27. The fraction of sp³-hybridized carbons (Fsp3) is 0.750. The van der Waals surface area contributed by atoms with Crippen molar-refractivity contribution in [3.63, 3.8) is 0 Å². The second kappa shape index (κ2) is 5.68. The van der Waals surface area contributed by atoms with Gasteiger partial charge in [-0.15, -0.1) is 0 Å². The molecule has 0 saturated heterocycles. The van der Waals surface area contributed by atoms with Crippen LogP contribution < -0.4 is 5.32 Å². The van der Waals surface area contributed by atoms with Crippen LogP contribution in [-0.2, 0) is 23.2 Å². The lowest BCUT2D eigenvalue weighted by molar-refractivity contribution is -0.0457. The van der Waals surface area contributed by atoms with Crippen molar-refractivity contribution in [1.82, 2.24) is 9.97 Å². The van der Waals surface area contributed by atoms with Gasteiger partial charge < -0.3 is 10.1 Å². The highest BCUT2D eigenvalue weighted by atomic mass is 16.5. The second-order valence-corrected chi connectivity index (χ2v) is 5.91. The van der Waals surface area contributed by atoms with Gasteiger partial charge in [-0.25, -0.2) is 9.97 Å². The van der Waals surface area contributed by atoms with Crippen LogP contribution in [0.1, 0.15) is 62.5 Å². The van der Waals surface area contributed by atoms with Crippen LogP contribution in [0.15, 0.2) is 0 Å². The Bertz CT molecular complexity index is 464. The minimum atomic E-state index is -0.229. The molecule has 0 spiro atoms. The number of anilines is 1. The van der Waals surface area contributed by atoms with Gasteiger partial charge in [0, 0.05) is 24.9 Å². The molecule has 2 aliphatic rings. The summed E-state index contributed by atoms with van der Waals surface area (Å²) in [6, 6.07) is 0. The smallest absolute Gasteiger partial charge is 0.162 e. The monoisotopic (exact) mass is 275 g/mol. The van der Waals surface area contributed by atoms with Crippen molar-refractivity contribution in [2.75, 3.05) is 19.0 Å². The summed E-state index contributed by atoms with van der Waals surface area (Å²) in [7, 11) is 1.96. The third-order valence-corrected chi connectivity index (χ3v) is 4.66. The minimum Gasteiger partial charge on any atom is -0.373 e. The summed E-state index contributed by atoms with van der Waals surface area (Å²) < 4.78 is 6.11. The number of nitrogens with zero attached hydrogens (tertiary/aromatic N) is 2. The van der Waals surface area contributed by atoms with Crippen LogP contribution in [0.2, 0.25) is 0 Å². The molecule has 1 aromatic heterocycles. The highest BCUT2D eigenvalue weighted by Crippen LogP contribution is 2.41. The number of nitrogens with one attached hydrogen (secondary N) is 1. The molecule has 0 aromatic carbocycles. The maximum atomic E-state index is 6.11. The van der Waals surface area contributed by atoms with Gasteiger partial charge in [0.15, 0.2) is 5.82 Å². The molecule has 0 amide bonds. The molecule has 0 bridgehead atoms. The average Bonchev–Trinajstić information content (AvgIpc) is 2.96. The number of ether oxygens (including phenoxy) is 1. The van der Waals surface area contributed by atoms with E-state index in [2.05, 4.69) is 12.2 Å². The van der Waals surface area contributed by atoms with E-state index in [1.807, 2.05) is 7.05 Å². The number of hydrogen-bond acceptors (Lipinski definition) is 4. The van der Waals surface area contributed by atoms with Crippen molar-refractivity contribution in [3.8, 4) is 0 Å². The van der Waals surface area contributed by atoms with E-state index in [1.165, 1.54) is 36.9 Å². The van der Waals surface area contributed by atoms with Crippen LogP contribution in [0.3, 0.4) is 0 Å². The highest BCUT2D eigenvalue weighted by Gasteiger charge is 2.40. The Morgan fingerprint density at radius 2 is 1.85 bits per heavy atom. The Labute approximate surface area is 121 Å². The zero-order valence-electron chi connectivity index (χ0n) is 12.7. The van der Waals surface area contributed by atoms with E-state index in [1.54, 1.807) is 0 Å². The molecular formula is C16H25N3O. The van der Waals surface area contributed by atoms with E-state index in [0.29, 0.717) is 0 Å². The van der Waals surface area contributed by atoms with Crippen molar-refractivity contribution in [2.24, 2.45) is 0 Å². The second-order valence-electron chi connectivity index (χ2n) is 5.91. The maximum Gasteiger partial charge on any atom is 0.162 e. The third kappa shape index (κ3) is 2.30. The van der Waals surface area contributed by atoms with Crippen molar-refractivity contribution in [1.29, 1.82) is 0 Å². The van der Waals surface area contributed by atoms with Gasteiger partial charge in [-0.05, 0) is 58.3 Å². The number of aromatic nitrogens is 2. The molecule has 4 heteroatoms. The largest absolute Gasteiger partial charge is 0.373 e. The van der Waals surface area contributed by atoms with E-state index in [9.17, 15) is 0 Å². The van der Waals surface area contributed by atoms with Crippen LogP contribution >= 0.6 is 0 Å². The molecule has 1 fully saturated rings. The summed E-state index contributed by atoms with van der Waals surface area (Å²) in [4.78, 5) is 9.75. The molecule has 1 saturated carbocycles. The molecule has 1 N–H and O–H groups in total. The van der Waals surface area contributed by atoms with E-state index in [0.717, 1.165) is 43.9 Å². The molecule has 110 valence electrons. The van der Waals surface area contributed by atoms with Gasteiger partial charge in [0.2, 0.25) is 0 Å². The van der Waals surface area contributed by atoms with Crippen molar-refractivity contribution in [3.05, 3.63) is 17.1 Å². The summed E-state index contributed by atoms with van der Waals surface area (Å²) >= 11 is 0. The van der Waals surface area contributed by atoms with E-state index < -0.39 is 0 Å². The van der Waals surface area contributed by atoms with Gasteiger partial charge in [-0.3, -0.25) is 0 Å². The number of hydrogen-bond donors (Lipinski definition) is 1. The first-order valence-corrected chi connectivity index (χ1v) is 8.01. The molecule has 20 heavy (non-hydrogen) atoms. The number of aryl methyl sites for hydroxylation is 1. The first-order chi connectivity index (χ1) is 9.79. The first-order valence-electron chi connectivity index (χ1n) is 8.01. The number of rotatable bonds is 4. The third-order valence-electron chi connectivity index (χ3n) is 4.66. The molecule has 0 unspecified atom stereocenters. The molecule has 0 atom stereocenters. The normalized spacial score (nSPS) is 20.7. The van der Waals surface area contributed by atoms with Crippen molar-refractivity contribution < 1.29 is 4.74 Å². The van der Waals surface area contributed by atoms with Crippen molar-refractivity contribution in [2.45, 2.75) is 63.9 Å². The quantitative estimate of drug-likeness (QED) is 0.916. The van der Waals surface area contributed by atoms with Crippen LogP contribution in [0, 0.1) is 0 Å². The average molecular weight is 275 g/mol. The van der Waals surface area contributed by atoms with Gasteiger partial charge in [0.25, 0.3) is 0 Å². The zero-order chi connectivity index (χ0) is 14.0. The molecule has 3 rings (SSSR count). The lowest BCUT2D eigenvalue weighted by Gasteiger charge is -2.29. The van der Waals surface area contributed by atoms with E-state index in [-0.39, 0.29) is 5.60 Å². The Morgan fingerprint density at radius 1 is 1.10 bits per heavy atom. The van der Waals surface area contributed by atoms with Crippen LogP contribution in [-0.4, -0.2) is 23.6 Å². The fourth-order valence-corrected chi connectivity index (χ4v) is 3.66. The predicted molar refractivity (Wildman–Crippen MR) is 80.0 cm³/mol. The van der Waals surface area contributed by atoms with Gasteiger partial charge in [0.1, 0.15) is 11.4 Å². The molecular weight excluding hydrogens is 250 g/mol. The van der Waals surface area contributed by atoms with Gasteiger partial charge in [-0.1, -0.05) is 0 Å². The summed E-state index contributed by atoms with van der Waals surface area (Å²) in [6.07, 6.45) is 9.24. The standard InChI is InChI=1S/C16H25N3O/c1-3-20-16(10-6-7-11-16)15-18-13-9-5-4-8-12(13)14(17-2)19-15/h3-11H2,1-2H3,(H,17,18,19). The Kier molecular flexibility index (Phi) is 3.92. The molecule has 0 aliphatic heterocycles.